The van der Waals surface area contributed by atoms with E-state index in [2.05, 4.69) is 5.32 Å². The van der Waals surface area contributed by atoms with Crippen LogP contribution in [0.3, 0.4) is 0 Å². The quantitative estimate of drug-likeness (QED) is 0.808. The summed E-state index contributed by atoms with van der Waals surface area (Å²) in [4.78, 5) is 0. The van der Waals surface area contributed by atoms with Crippen LogP contribution in [-0.4, -0.2) is 20.7 Å². The molecule has 15 heavy (non-hydrogen) atoms. The number of halogens is 1. The fourth-order valence-corrected chi connectivity index (χ4v) is 1.58. The molecule has 84 valence electrons. The Balaban J connectivity index is 2.83. The van der Waals surface area contributed by atoms with Crippen LogP contribution in [0.1, 0.15) is 24.8 Å². The van der Waals surface area contributed by atoms with Gasteiger partial charge in [-0.25, -0.2) is 4.39 Å². The Hall–Kier alpha value is -1.09. The Morgan fingerprint density at radius 1 is 1.47 bits per heavy atom. The molecule has 1 atom stereocenters. The second kappa shape index (κ2) is 5.71. The first-order chi connectivity index (χ1) is 7.20. The average molecular weight is 211 g/mol. The molecular weight excluding hydrogens is 193 g/mol. The van der Waals surface area contributed by atoms with E-state index >= 15 is 0 Å². The number of methoxy groups -OCH3 is 1. The van der Waals surface area contributed by atoms with Crippen LogP contribution in [0.5, 0.6) is 5.75 Å². The lowest BCUT2D eigenvalue weighted by Gasteiger charge is -2.14. The maximum absolute atomic E-state index is 13.8. The second-order valence-corrected chi connectivity index (χ2v) is 3.66. The summed E-state index contributed by atoms with van der Waals surface area (Å²) in [6.45, 7) is 2.91. The van der Waals surface area contributed by atoms with E-state index in [0.29, 0.717) is 5.75 Å². The molecule has 0 aliphatic heterocycles. The lowest BCUT2D eigenvalue weighted by molar-refractivity contribution is 0.382. The summed E-state index contributed by atoms with van der Waals surface area (Å²) in [6, 6.07) is 5.29. The molecule has 0 aliphatic carbocycles. The molecule has 0 spiro atoms. The van der Waals surface area contributed by atoms with E-state index in [9.17, 15) is 4.39 Å². The first kappa shape index (κ1) is 12.0. The van der Waals surface area contributed by atoms with Gasteiger partial charge in [0.25, 0.3) is 0 Å². The largest absolute Gasteiger partial charge is 0.494 e. The van der Waals surface area contributed by atoms with Crippen LogP contribution in [0, 0.1) is 5.82 Å². The van der Waals surface area contributed by atoms with Crippen LogP contribution in [0.4, 0.5) is 4.39 Å². The molecule has 2 nitrogen and oxygen atoms in total. The van der Waals surface area contributed by atoms with Crippen LogP contribution in [0.15, 0.2) is 18.2 Å². The minimum Gasteiger partial charge on any atom is -0.494 e. The third-order valence-corrected chi connectivity index (χ3v) is 2.57. The highest BCUT2D eigenvalue weighted by atomic mass is 19.1. The van der Waals surface area contributed by atoms with E-state index in [1.165, 1.54) is 7.11 Å². The number of nitrogens with one attached hydrogen (secondary N) is 1. The minimum absolute atomic E-state index is 0.201. The molecule has 1 N–H and O–H groups in total. The van der Waals surface area contributed by atoms with Crippen LogP contribution < -0.4 is 10.1 Å². The van der Waals surface area contributed by atoms with E-state index in [-0.39, 0.29) is 11.7 Å². The molecule has 0 radical (unpaired) electrons. The van der Waals surface area contributed by atoms with Crippen molar-refractivity contribution in [2.75, 3.05) is 20.7 Å². The van der Waals surface area contributed by atoms with Gasteiger partial charge in [-0.05, 0) is 37.6 Å². The molecule has 0 aromatic heterocycles. The third kappa shape index (κ3) is 2.93. The number of benzene rings is 1. The fourth-order valence-electron chi connectivity index (χ4n) is 1.58. The van der Waals surface area contributed by atoms with E-state index < -0.39 is 0 Å². The van der Waals surface area contributed by atoms with Gasteiger partial charge in [0.05, 0.1) is 7.11 Å². The minimum atomic E-state index is -0.233. The number of hydrogen-bond donors (Lipinski definition) is 1. The molecule has 0 saturated heterocycles. The molecule has 3 heteroatoms. The van der Waals surface area contributed by atoms with Gasteiger partial charge in [0.1, 0.15) is 0 Å². The molecular formula is C12H18FNO. The van der Waals surface area contributed by atoms with Crippen LogP contribution in [-0.2, 0) is 0 Å². The summed E-state index contributed by atoms with van der Waals surface area (Å²) >= 11 is 0. The molecule has 1 aromatic carbocycles. The van der Waals surface area contributed by atoms with Gasteiger partial charge in [-0.2, -0.15) is 0 Å². The lowest BCUT2D eigenvalue weighted by atomic mass is 9.97. The molecule has 1 aromatic rings. The average Bonchev–Trinajstić information content (AvgIpc) is 2.26. The van der Waals surface area contributed by atoms with E-state index in [1.54, 1.807) is 6.07 Å². The molecule has 1 rings (SSSR count). The van der Waals surface area contributed by atoms with Crippen LogP contribution in [0.2, 0.25) is 0 Å². The highest BCUT2D eigenvalue weighted by molar-refractivity contribution is 5.33. The maximum atomic E-state index is 13.8. The van der Waals surface area contributed by atoms with Crippen molar-refractivity contribution >= 4 is 0 Å². The Bertz CT molecular complexity index is 314. The van der Waals surface area contributed by atoms with Gasteiger partial charge in [-0.15, -0.1) is 0 Å². The topological polar surface area (TPSA) is 21.3 Å². The standard InChI is InChI=1S/C12H18FNO/c1-9(7-8-14-2)10-5-4-6-11(15-3)12(10)13/h4-6,9,14H,7-8H2,1-3H3. The fraction of sp³-hybridized carbons (Fsp3) is 0.500. The highest BCUT2D eigenvalue weighted by Gasteiger charge is 2.13. The summed E-state index contributed by atoms with van der Waals surface area (Å²) in [5.41, 5.74) is 0.726. The van der Waals surface area contributed by atoms with Crippen molar-refractivity contribution in [1.29, 1.82) is 0 Å². The van der Waals surface area contributed by atoms with Crippen molar-refractivity contribution in [1.82, 2.24) is 5.32 Å². The normalized spacial score (nSPS) is 12.5. The van der Waals surface area contributed by atoms with Gasteiger partial charge < -0.3 is 10.1 Å². The summed E-state index contributed by atoms with van der Waals surface area (Å²) in [7, 11) is 3.38. The molecule has 0 bridgehead atoms. The molecule has 0 heterocycles. The van der Waals surface area contributed by atoms with Crippen LogP contribution in [0.25, 0.3) is 0 Å². The van der Waals surface area contributed by atoms with Gasteiger partial charge in [0.15, 0.2) is 11.6 Å². The van der Waals surface area contributed by atoms with Gasteiger partial charge in [0.2, 0.25) is 0 Å². The molecule has 0 amide bonds. The van der Waals surface area contributed by atoms with Crippen molar-refractivity contribution in [3.8, 4) is 5.75 Å². The van der Waals surface area contributed by atoms with Crippen molar-refractivity contribution in [2.24, 2.45) is 0 Å². The second-order valence-electron chi connectivity index (χ2n) is 3.66. The highest BCUT2D eigenvalue weighted by Crippen LogP contribution is 2.27. The summed E-state index contributed by atoms with van der Waals surface area (Å²) in [5, 5.41) is 3.06. The summed E-state index contributed by atoms with van der Waals surface area (Å²) < 4.78 is 18.8. The zero-order valence-electron chi connectivity index (χ0n) is 9.51. The SMILES string of the molecule is CNCCC(C)c1cccc(OC)c1F. The zero-order chi connectivity index (χ0) is 11.3. The van der Waals surface area contributed by atoms with Gasteiger partial charge >= 0.3 is 0 Å². The van der Waals surface area contributed by atoms with Crippen LogP contribution >= 0.6 is 0 Å². The Labute approximate surface area is 90.4 Å². The van der Waals surface area contributed by atoms with Crippen molar-refractivity contribution in [3.05, 3.63) is 29.6 Å². The molecule has 0 saturated carbocycles. The number of rotatable bonds is 5. The van der Waals surface area contributed by atoms with Gasteiger partial charge in [0, 0.05) is 0 Å². The Morgan fingerprint density at radius 3 is 2.80 bits per heavy atom. The van der Waals surface area contributed by atoms with E-state index in [0.717, 1.165) is 18.5 Å². The smallest absolute Gasteiger partial charge is 0.168 e. The number of ether oxygens (including phenoxy) is 1. The first-order valence-corrected chi connectivity index (χ1v) is 5.17. The Morgan fingerprint density at radius 2 is 2.20 bits per heavy atom. The predicted octanol–water partition coefficient (Wildman–Crippen LogP) is 2.55. The Kier molecular flexibility index (Phi) is 4.56. The van der Waals surface area contributed by atoms with Crippen molar-refractivity contribution in [3.63, 3.8) is 0 Å². The monoisotopic (exact) mass is 211 g/mol. The lowest BCUT2D eigenvalue weighted by Crippen LogP contribution is -2.11. The first-order valence-electron chi connectivity index (χ1n) is 5.17. The van der Waals surface area contributed by atoms with Crippen molar-refractivity contribution < 1.29 is 9.13 Å². The summed E-state index contributed by atoms with van der Waals surface area (Å²) in [5.74, 6) is 0.292. The zero-order valence-corrected chi connectivity index (χ0v) is 9.51. The van der Waals surface area contributed by atoms with Crippen molar-refractivity contribution in [2.45, 2.75) is 19.3 Å². The molecule has 0 fully saturated rings. The summed E-state index contributed by atoms with van der Waals surface area (Å²) in [6.07, 6.45) is 0.917. The van der Waals surface area contributed by atoms with E-state index in [1.807, 2.05) is 26.1 Å². The van der Waals surface area contributed by atoms with E-state index in [4.69, 9.17) is 4.74 Å². The van der Waals surface area contributed by atoms with Gasteiger partial charge in [-0.1, -0.05) is 19.1 Å². The predicted molar refractivity (Wildman–Crippen MR) is 59.9 cm³/mol. The maximum Gasteiger partial charge on any atom is 0.168 e. The molecule has 0 aliphatic rings. The number of hydrogen-bond acceptors (Lipinski definition) is 2. The third-order valence-electron chi connectivity index (χ3n) is 2.57. The molecule has 1 unspecified atom stereocenters. The van der Waals surface area contributed by atoms with Gasteiger partial charge in [-0.3, -0.25) is 0 Å².